The highest BCUT2D eigenvalue weighted by atomic mass is 35.5. The molecule has 1 aliphatic heterocycles. The van der Waals surface area contributed by atoms with E-state index >= 15 is 0 Å². The van der Waals surface area contributed by atoms with Crippen LogP contribution in [0.3, 0.4) is 0 Å². The third kappa shape index (κ3) is 1.46. The number of halogens is 1. The van der Waals surface area contributed by atoms with Gasteiger partial charge >= 0.3 is 0 Å². The molecule has 0 aromatic heterocycles. The third-order valence-corrected chi connectivity index (χ3v) is 5.15. The van der Waals surface area contributed by atoms with Crippen LogP contribution in [0.25, 0.3) is 0 Å². The summed E-state index contributed by atoms with van der Waals surface area (Å²) < 4.78 is 25.0. The summed E-state index contributed by atoms with van der Waals surface area (Å²) >= 11 is 5.90. The Balaban J connectivity index is 2.41. The molecule has 0 saturated carbocycles. The summed E-state index contributed by atoms with van der Waals surface area (Å²) in [7, 11) is -1.64. The molecule has 0 saturated heterocycles. The van der Waals surface area contributed by atoms with Gasteiger partial charge in [0.1, 0.15) is 0 Å². The summed E-state index contributed by atoms with van der Waals surface area (Å²) in [4.78, 5) is 2.45. The second kappa shape index (κ2) is 3.73. The molecule has 0 radical (unpaired) electrons. The zero-order valence-electron chi connectivity index (χ0n) is 9.59. The molecule has 5 heteroatoms. The first kappa shape index (κ1) is 11.6. The van der Waals surface area contributed by atoms with Crippen LogP contribution in [0.15, 0.2) is 52.3 Å². The fraction of sp³-hybridized carbons (Fsp3) is 0.0769. The maximum absolute atomic E-state index is 12.5. The van der Waals surface area contributed by atoms with Gasteiger partial charge in [-0.25, -0.2) is 8.42 Å². The lowest BCUT2D eigenvalue weighted by Crippen LogP contribution is -2.22. The van der Waals surface area contributed by atoms with E-state index in [0.29, 0.717) is 21.3 Å². The zero-order valence-corrected chi connectivity index (χ0v) is 11.2. The number of hydrogen-bond acceptors (Lipinski definition) is 3. The maximum Gasteiger partial charge on any atom is 0.210 e. The van der Waals surface area contributed by atoms with Gasteiger partial charge in [-0.1, -0.05) is 23.7 Å². The van der Waals surface area contributed by atoms with Gasteiger partial charge in [0.15, 0.2) is 0 Å². The molecule has 3 nitrogen and oxygen atoms in total. The predicted octanol–water partition coefficient (Wildman–Crippen LogP) is 3.25. The van der Waals surface area contributed by atoms with Crippen LogP contribution in [0.2, 0.25) is 5.02 Å². The Kier molecular flexibility index (Phi) is 2.40. The van der Waals surface area contributed by atoms with E-state index in [1.54, 1.807) is 30.3 Å². The van der Waals surface area contributed by atoms with Crippen LogP contribution in [0.4, 0.5) is 11.4 Å². The number of rotatable bonds is 0. The second-order valence-electron chi connectivity index (χ2n) is 4.14. The number of hydrogen-bond donors (Lipinski definition) is 0. The van der Waals surface area contributed by atoms with Crippen LogP contribution in [0.1, 0.15) is 0 Å². The number of anilines is 2. The average Bonchev–Trinajstić information content (AvgIpc) is 2.36. The van der Waals surface area contributed by atoms with Crippen molar-refractivity contribution in [2.45, 2.75) is 9.79 Å². The Hall–Kier alpha value is -1.52. The van der Waals surface area contributed by atoms with Crippen molar-refractivity contribution < 1.29 is 8.42 Å². The summed E-state index contributed by atoms with van der Waals surface area (Å²) in [6.07, 6.45) is 0. The van der Waals surface area contributed by atoms with Gasteiger partial charge in [0, 0.05) is 12.1 Å². The first-order chi connectivity index (χ1) is 8.51. The molecule has 0 spiro atoms. The van der Waals surface area contributed by atoms with Gasteiger partial charge in [0.25, 0.3) is 0 Å². The van der Waals surface area contributed by atoms with E-state index in [1.807, 2.05) is 18.0 Å². The lowest BCUT2D eigenvalue weighted by Gasteiger charge is -2.29. The van der Waals surface area contributed by atoms with Crippen LogP contribution in [0.5, 0.6) is 0 Å². The quantitative estimate of drug-likeness (QED) is 0.743. The standard InChI is InChI=1S/C13H10ClNO2S/c1-15-10-4-2-3-5-12(10)18(16,17)13-8-9(14)6-7-11(13)15/h2-8H,1H3. The van der Waals surface area contributed by atoms with E-state index in [-0.39, 0.29) is 4.90 Å². The summed E-state index contributed by atoms with van der Waals surface area (Å²) in [5.74, 6) is 0. The van der Waals surface area contributed by atoms with Crippen LogP contribution in [-0.4, -0.2) is 15.5 Å². The highest BCUT2D eigenvalue weighted by Crippen LogP contribution is 2.43. The van der Waals surface area contributed by atoms with Gasteiger partial charge in [0.2, 0.25) is 9.84 Å². The highest BCUT2D eigenvalue weighted by Gasteiger charge is 2.32. The molecule has 2 aromatic rings. The lowest BCUT2D eigenvalue weighted by molar-refractivity contribution is 0.594. The van der Waals surface area contributed by atoms with Crippen molar-refractivity contribution in [3.63, 3.8) is 0 Å². The van der Waals surface area contributed by atoms with E-state index < -0.39 is 9.84 Å². The molecular formula is C13H10ClNO2S. The van der Waals surface area contributed by atoms with Gasteiger partial charge in [-0.2, -0.15) is 0 Å². The topological polar surface area (TPSA) is 37.4 Å². The smallest absolute Gasteiger partial charge is 0.210 e. The third-order valence-electron chi connectivity index (χ3n) is 3.09. The van der Waals surface area contributed by atoms with E-state index in [1.165, 1.54) is 6.07 Å². The minimum Gasteiger partial charge on any atom is -0.342 e. The molecule has 0 fully saturated rings. The van der Waals surface area contributed by atoms with Crippen molar-refractivity contribution >= 4 is 32.8 Å². The Labute approximate surface area is 111 Å². The van der Waals surface area contributed by atoms with Crippen LogP contribution < -0.4 is 4.90 Å². The van der Waals surface area contributed by atoms with Crippen LogP contribution in [0, 0.1) is 0 Å². The SMILES string of the molecule is CN1c2ccccc2S(=O)(=O)c2cc(Cl)ccc21. The Bertz CT molecular complexity index is 740. The van der Waals surface area contributed by atoms with Gasteiger partial charge in [-0.05, 0) is 30.3 Å². The highest BCUT2D eigenvalue weighted by molar-refractivity contribution is 7.92. The Morgan fingerprint density at radius 3 is 2.44 bits per heavy atom. The minimum absolute atomic E-state index is 0.260. The summed E-state index contributed by atoms with van der Waals surface area (Å²) in [5, 5.41) is 0.421. The summed E-state index contributed by atoms with van der Waals surface area (Å²) in [5.41, 5.74) is 1.34. The molecule has 0 N–H and O–H groups in total. The fourth-order valence-electron chi connectivity index (χ4n) is 2.19. The second-order valence-corrected chi connectivity index (χ2v) is 6.47. The van der Waals surface area contributed by atoms with E-state index in [2.05, 4.69) is 0 Å². The van der Waals surface area contributed by atoms with Gasteiger partial charge in [0.05, 0.1) is 21.2 Å². The molecule has 0 bridgehead atoms. The molecule has 18 heavy (non-hydrogen) atoms. The molecule has 0 atom stereocenters. The number of nitrogens with zero attached hydrogens (tertiary/aromatic N) is 1. The van der Waals surface area contributed by atoms with Crippen LogP contribution >= 0.6 is 11.6 Å². The largest absolute Gasteiger partial charge is 0.342 e. The number of sulfone groups is 1. The zero-order chi connectivity index (χ0) is 12.9. The van der Waals surface area contributed by atoms with Crippen molar-refractivity contribution in [3.8, 4) is 0 Å². The predicted molar refractivity (Wildman–Crippen MR) is 71.4 cm³/mol. The van der Waals surface area contributed by atoms with E-state index in [9.17, 15) is 8.42 Å². The van der Waals surface area contributed by atoms with Gasteiger partial charge < -0.3 is 4.90 Å². The van der Waals surface area contributed by atoms with Crippen molar-refractivity contribution in [1.29, 1.82) is 0 Å². The average molecular weight is 280 g/mol. The first-order valence-corrected chi connectivity index (χ1v) is 7.25. The minimum atomic E-state index is -3.48. The van der Waals surface area contributed by atoms with Gasteiger partial charge in [-0.15, -0.1) is 0 Å². The van der Waals surface area contributed by atoms with Crippen molar-refractivity contribution in [2.24, 2.45) is 0 Å². The number of benzene rings is 2. The van der Waals surface area contributed by atoms with Crippen molar-refractivity contribution in [1.82, 2.24) is 0 Å². The van der Waals surface area contributed by atoms with Crippen LogP contribution in [-0.2, 0) is 9.84 Å². The molecule has 1 heterocycles. The summed E-state index contributed by atoms with van der Waals surface area (Å²) in [6, 6.07) is 11.9. The normalized spacial score (nSPS) is 16.0. The first-order valence-electron chi connectivity index (χ1n) is 5.39. The van der Waals surface area contributed by atoms with Crippen molar-refractivity contribution in [2.75, 3.05) is 11.9 Å². The van der Waals surface area contributed by atoms with Crippen molar-refractivity contribution in [3.05, 3.63) is 47.5 Å². The van der Waals surface area contributed by atoms with E-state index in [4.69, 9.17) is 11.6 Å². The maximum atomic E-state index is 12.5. The molecule has 0 amide bonds. The summed E-state index contributed by atoms with van der Waals surface area (Å²) in [6.45, 7) is 0. The monoisotopic (exact) mass is 279 g/mol. The number of para-hydroxylation sites is 1. The fourth-order valence-corrected chi connectivity index (χ4v) is 4.16. The van der Waals surface area contributed by atoms with Gasteiger partial charge in [-0.3, -0.25) is 0 Å². The molecular weight excluding hydrogens is 270 g/mol. The molecule has 0 aliphatic carbocycles. The molecule has 1 aliphatic rings. The molecule has 0 unspecified atom stereocenters. The molecule has 2 aromatic carbocycles. The molecule has 3 rings (SSSR count). The molecule has 92 valence electrons. The lowest BCUT2D eigenvalue weighted by atomic mass is 10.2. The van der Waals surface area contributed by atoms with E-state index in [0.717, 1.165) is 0 Å². The number of fused-ring (bicyclic) bond motifs is 2. The Morgan fingerprint density at radius 1 is 1.00 bits per heavy atom. The Morgan fingerprint density at radius 2 is 1.67 bits per heavy atom.